The number of carbonyl (C=O) groups excluding carboxylic acids is 1. The lowest BCUT2D eigenvalue weighted by atomic mass is 9.86. The number of aliphatic hydroxyl groups is 1. The van der Waals surface area contributed by atoms with Crippen LogP contribution < -0.4 is 5.73 Å². The summed E-state index contributed by atoms with van der Waals surface area (Å²) >= 11 is 0. The lowest BCUT2D eigenvalue weighted by molar-refractivity contribution is -0.134. The van der Waals surface area contributed by atoms with Crippen LogP contribution >= 0.6 is 0 Å². The number of hydrogen-bond donors (Lipinski definition) is 2. The zero-order chi connectivity index (χ0) is 11.9. The number of nitrogens with two attached hydrogens (primary N) is 1. The average Bonchev–Trinajstić information content (AvgIpc) is 2.42. The van der Waals surface area contributed by atoms with Gasteiger partial charge in [-0.05, 0) is 18.8 Å². The fourth-order valence-corrected chi connectivity index (χ4v) is 1.70. The van der Waals surface area contributed by atoms with E-state index in [9.17, 15) is 9.90 Å². The van der Waals surface area contributed by atoms with E-state index >= 15 is 0 Å². The largest absolute Gasteiger partial charge is 0.388 e. The molecule has 0 spiro atoms. The molecule has 3 N–H and O–H groups in total. The average molecular weight is 214 g/mol. The van der Waals surface area contributed by atoms with Crippen molar-refractivity contribution in [3.05, 3.63) is 0 Å². The minimum atomic E-state index is -0.743. The Bertz CT molecular complexity index is 256. The van der Waals surface area contributed by atoms with Gasteiger partial charge < -0.3 is 15.7 Å². The number of likely N-dealkylation sites (tertiary alicyclic amines) is 1. The summed E-state index contributed by atoms with van der Waals surface area (Å²) in [5.41, 5.74) is 4.92. The Kier molecular flexibility index (Phi) is 3.12. The molecule has 1 fully saturated rings. The van der Waals surface area contributed by atoms with Crippen LogP contribution in [-0.4, -0.2) is 40.6 Å². The van der Waals surface area contributed by atoms with Crippen LogP contribution in [0.5, 0.6) is 0 Å². The summed E-state index contributed by atoms with van der Waals surface area (Å²) in [6.07, 6.45) is 0.635. The van der Waals surface area contributed by atoms with Gasteiger partial charge >= 0.3 is 0 Å². The number of amides is 1. The van der Waals surface area contributed by atoms with E-state index in [0.29, 0.717) is 19.5 Å². The molecule has 4 heteroatoms. The summed E-state index contributed by atoms with van der Waals surface area (Å²) in [5, 5.41) is 9.76. The lowest BCUT2D eigenvalue weighted by Gasteiger charge is -2.30. The van der Waals surface area contributed by atoms with Crippen molar-refractivity contribution in [1.29, 1.82) is 0 Å². The molecule has 2 unspecified atom stereocenters. The predicted octanol–water partition coefficient (Wildman–Crippen LogP) is 0.343. The smallest absolute Gasteiger partial charge is 0.240 e. The van der Waals surface area contributed by atoms with Crippen LogP contribution in [0.15, 0.2) is 0 Å². The molecular weight excluding hydrogens is 192 g/mol. The minimum Gasteiger partial charge on any atom is -0.388 e. The fraction of sp³-hybridized carbons (Fsp3) is 0.909. The molecule has 0 aromatic heterocycles. The Hall–Kier alpha value is -0.610. The number of rotatable bonds is 1. The maximum atomic E-state index is 12.0. The molecule has 0 aromatic rings. The van der Waals surface area contributed by atoms with E-state index in [1.54, 1.807) is 11.8 Å². The highest BCUT2D eigenvalue weighted by atomic mass is 16.3. The second-order valence-electron chi connectivity index (χ2n) is 5.85. The van der Waals surface area contributed by atoms with Gasteiger partial charge in [0.2, 0.25) is 5.91 Å². The highest BCUT2D eigenvalue weighted by Crippen LogP contribution is 2.24. The van der Waals surface area contributed by atoms with Crippen molar-refractivity contribution in [1.82, 2.24) is 4.90 Å². The summed E-state index contributed by atoms with van der Waals surface area (Å²) < 4.78 is 0. The van der Waals surface area contributed by atoms with Crippen molar-refractivity contribution < 1.29 is 9.90 Å². The van der Waals surface area contributed by atoms with Crippen molar-refractivity contribution in [2.75, 3.05) is 13.1 Å². The van der Waals surface area contributed by atoms with E-state index in [1.165, 1.54) is 0 Å². The maximum absolute atomic E-state index is 12.0. The van der Waals surface area contributed by atoms with Crippen molar-refractivity contribution >= 4 is 5.91 Å². The van der Waals surface area contributed by atoms with Crippen molar-refractivity contribution in [3.63, 3.8) is 0 Å². The summed E-state index contributed by atoms with van der Waals surface area (Å²) in [6, 6.07) is -0.494. The summed E-state index contributed by atoms with van der Waals surface area (Å²) in [5.74, 6) is -0.0553. The van der Waals surface area contributed by atoms with Crippen molar-refractivity contribution in [2.24, 2.45) is 11.1 Å². The molecular formula is C11H22N2O2. The minimum absolute atomic E-state index is 0.0553. The van der Waals surface area contributed by atoms with E-state index in [2.05, 4.69) is 0 Å². The topological polar surface area (TPSA) is 66.6 Å². The molecule has 4 nitrogen and oxygen atoms in total. The first kappa shape index (κ1) is 12.5. The second kappa shape index (κ2) is 3.76. The van der Waals surface area contributed by atoms with E-state index < -0.39 is 11.6 Å². The number of β-amino-alcohol motifs (C(OH)–C–C–N with tert-alkyl or cyclic N) is 1. The molecule has 1 aliphatic heterocycles. The van der Waals surface area contributed by atoms with Gasteiger partial charge in [-0.3, -0.25) is 4.79 Å². The molecule has 2 atom stereocenters. The van der Waals surface area contributed by atoms with Crippen LogP contribution in [0.3, 0.4) is 0 Å². The van der Waals surface area contributed by atoms with Gasteiger partial charge in [0.05, 0.1) is 11.6 Å². The van der Waals surface area contributed by atoms with E-state index in [0.717, 1.165) is 0 Å². The third kappa shape index (κ3) is 2.92. The van der Waals surface area contributed by atoms with E-state index in [-0.39, 0.29) is 11.3 Å². The molecule has 0 saturated carbocycles. The first-order valence-electron chi connectivity index (χ1n) is 5.40. The molecule has 15 heavy (non-hydrogen) atoms. The van der Waals surface area contributed by atoms with Crippen LogP contribution in [0.1, 0.15) is 34.1 Å². The molecule has 0 bridgehead atoms. The van der Waals surface area contributed by atoms with Gasteiger partial charge in [-0.25, -0.2) is 0 Å². The van der Waals surface area contributed by atoms with Gasteiger partial charge in [0, 0.05) is 13.1 Å². The third-order valence-corrected chi connectivity index (χ3v) is 2.96. The molecule has 1 heterocycles. The van der Waals surface area contributed by atoms with E-state index in [4.69, 9.17) is 5.73 Å². The summed E-state index contributed by atoms with van der Waals surface area (Å²) in [4.78, 5) is 13.6. The first-order valence-corrected chi connectivity index (χ1v) is 5.40. The van der Waals surface area contributed by atoms with Gasteiger partial charge in [0.25, 0.3) is 0 Å². The van der Waals surface area contributed by atoms with Crippen molar-refractivity contribution in [3.8, 4) is 0 Å². The van der Waals surface area contributed by atoms with Crippen molar-refractivity contribution in [2.45, 2.75) is 45.8 Å². The molecule has 0 radical (unpaired) electrons. The molecule has 0 aliphatic carbocycles. The number of nitrogens with zero attached hydrogens (tertiary/aromatic N) is 1. The quantitative estimate of drug-likeness (QED) is 0.661. The SMILES string of the molecule is CC1(O)CCN(C(=O)C(N)C(C)(C)C)C1. The standard InChI is InChI=1S/C11H22N2O2/c1-10(2,3)8(12)9(14)13-6-5-11(4,15)7-13/h8,15H,5-7,12H2,1-4H3. The zero-order valence-electron chi connectivity index (χ0n) is 10.1. The van der Waals surface area contributed by atoms with Crippen LogP contribution in [0, 0.1) is 5.41 Å². The first-order chi connectivity index (χ1) is 6.63. The molecule has 0 aromatic carbocycles. The molecule has 1 amide bonds. The Morgan fingerprint density at radius 1 is 1.53 bits per heavy atom. The normalized spacial score (nSPS) is 29.3. The van der Waals surface area contributed by atoms with Gasteiger partial charge in [0.1, 0.15) is 0 Å². The molecule has 88 valence electrons. The fourth-order valence-electron chi connectivity index (χ4n) is 1.70. The van der Waals surface area contributed by atoms with Gasteiger partial charge in [0.15, 0.2) is 0 Å². The van der Waals surface area contributed by atoms with Crippen LogP contribution in [0.2, 0.25) is 0 Å². The summed E-state index contributed by atoms with van der Waals surface area (Å²) in [7, 11) is 0. The molecule has 1 aliphatic rings. The van der Waals surface area contributed by atoms with Gasteiger partial charge in [-0.2, -0.15) is 0 Å². The Morgan fingerprint density at radius 3 is 2.40 bits per heavy atom. The van der Waals surface area contributed by atoms with Gasteiger partial charge in [-0.1, -0.05) is 20.8 Å². The highest BCUT2D eigenvalue weighted by Gasteiger charge is 2.38. The summed E-state index contributed by atoms with van der Waals surface area (Å²) in [6.45, 7) is 8.60. The third-order valence-electron chi connectivity index (χ3n) is 2.96. The highest BCUT2D eigenvalue weighted by molar-refractivity contribution is 5.82. The number of carbonyl (C=O) groups is 1. The zero-order valence-corrected chi connectivity index (χ0v) is 10.1. The lowest BCUT2D eigenvalue weighted by Crippen LogP contribution is -2.50. The second-order valence-corrected chi connectivity index (χ2v) is 5.85. The van der Waals surface area contributed by atoms with E-state index in [1.807, 2.05) is 20.8 Å². The van der Waals surface area contributed by atoms with Gasteiger partial charge in [-0.15, -0.1) is 0 Å². The molecule has 1 saturated heterocycles. The number of hydrogen-bond acceptors (Lipinski definition) is 3. The van der Waals surface area contributed by atoms with Crippen LogP contribution in [-0.2, 0) is 4.79 Å². The predicted molar refractivity (Wildman–Crippen MR) is 59.3 cm³/mol. The Labute approximate surface area is 91.4 Å². The maximum Gasteiger partial charge on any atom is 0.240 e. The monoisotopic (exact) mass is 214 g/mol. The molecule has 1 rings (SSSR count). The Balaban J connectivity index is 2.64. The Morgan fingerprint density at radius 2 is 2.07 bits per heavy atom. The van der Waals surface area contributed by atoms with Crippen LogP contribution in [0.25, 0.3) is 0 Å². The van der Waals surface area contributed by atoms with Crippen LogP contribution in [0.4, 0.5) is 0 Å².